The summed E-state index contributed by atoms with van der Waals surface area (Å²) in [7, 11) is 0. The number of hydrogen-bond acceptors (Lipinski definition) is 4. The maximum atomic E-state index is 13.2. The first-order valence-electron chi connectivity index (χ1n) is 11.5. The molecule has 1 saturated heterocycles. The summed E-state index contributed by atoms with van der Waals surface area (Å²) in [5.41, 5.74) is 3.77. The number of aryl methyl sites for hydroxylation is 1. The van der Waals surface area contributed by atoms with Crippen molar-refractivity contribution in [3.05, 3.63) is 81.8 Å². The van der Waals surface area contributed by atoms with Crippen LogP contribution in [0.4, 0.5) is 10.1 Å². The lowest BCUT2D eigenvalue weighted by molar-refractivity contribution is 0.162. The van der Waals surface area contributed by atoms with Gasteiger partial charge in [0.25, 0.3) is 0 Å². The highest BCUT2D eigenvalue weighted by Crippen LogP contribution is 2.31. The van der Waals surface area contributed by atoms with E-state index in [9.17, 15) is 4.39 Å². The summed E-state index contributed by atoms with van der Waals surface area (Å²) in [5, 5.41) is 2.13. The van der Waals surface area contributed by atoms with E-state index >= 15 is 0 Å². The Morgan fingerprint density at radius 2 is 1.75 bits per heavy atom. The second-order valence-electron chi connectivity index (χ2n) is 8.89. The van der Waals surface area contributed by atoms with E-state index in [1.165, 1.54) is 16.0 Å². The van der Waals surface area contributed by atoms with Crippen molar-refractivity contribution in [2.45, 2.75) is 39.2 Å². The SMILES string of the molecule is Cc1cc(OC(CCN2CCN(c3ccc(F)cc3)CC2)c2cccs2)ccc1C(C)C. The average Bonchev–Trinajstić information content (AvgIpc) is 3.32. The van der Waals surface area contributed by atoms with Crippen molar-refractivity contribution < 1.29 is 9.13 Å². The zero-order valence-corrected chi connectivity index (χ0v) is 20.1. The maximum absolute atomic E-state index is 13.2. The minimum atomic E-state index is -0.180. The minimum Gasteiger partial charge on any atom is -0.485 e. The number of ether oxygens (including phenoxy) is 1. The highest BCUT2D eigenvalue weighted by molar-refractivity contribution is 7.10. The van der Waals surface area contributed by atoms with Crippen molar-refractivity contribution >= 4 is 17.0 Å². The number of hydrogen-bond donors (Lipinski definition) is 0. The molecule has 1 aromatic heterocycles. The Balaban J connectivity index is 1.35. The Kier molecular flexibility index (Phi) is 7.48. The molecule has 0 spiro atoms. The van der Waals surface area contributed by atoms with E-state index in [0.29, 0.717) is 5.92 Å². The van der Waals surface area contributed by atoms with E-state index in [1.54, 1.807) is 23.5 Å². The molecule has 1 unspecified atom stereocenters. The number of thiophene rings is 1. The molecular weight excluding hydrogens is 419 g/mol. The molecule has 0 N–H and O–H groups in total. The fourth-order valence-corrected chi connectivity index (χ4v) is 5.24. The molecule has 4 rings (SSSR count). The second kappa shape index (κ2) is 10.5. The molecule has 32 heavy (non-hydrogen) atoms. The van der Waals surface area contributed by atoms with Gasteiger partial charge < -0.3 is 9.64 Å². The third kappa shape index (κ3) is 5.70. The fraction of sp³-hybridized carbons (Fsp3) is 0.407. The molecule has 3 aromatic rings. The Bertz CT molecular complexity index is 979. The predicted molar refractivity (Wildman–Crippen MR) is 133 cm³/mol. The first kappa shape index (κ1) is 22.8. The molecule has 2 aromatic carbocycles. The van der Waals surface area contributed by atoms with Crippen LogP contribution in [0.3, 0.4) is 0 Å². The van der Waals surface area contributed by atoms with Crippen LogP contribution < -0.4 is 9.64 Å². The second-order valence-corrected chi connectivity index (χ2v) is 9.87. The van der Waals surface area contributed by atoms with Crippen LogP contribution in [0.2, 0.25) is 0 Å². The maximum Gasteiger partial charge on any atom is 0.134 e. The van der Waals surface area contributed by atoms with E-state index < -0.39 is 0 Å². The number of benzene rings is 2. The highest BCUT2D eigenvalue weighted by atomic mass is 32.1. The van der Waals surface area contributed by atoms with E-state index in [1.807, 2.05) is 12.1 Å². The molecule has 1 aliphatic heterocycles. The van der Waals surface area contributed by atoms with Crippen molar-refractivity contribution in [3.8, 4) is 5.75 Å². The van der Waals surface area contributed by atoms with Crippen molar-refractivity contribution in [3.63, 3.8) is 0 Å². The van der Waals surface area contributed by atoms with Crippen LogP contribution in [0.1, 0.15) is 48.3 Å². The van der Waals surface area contributed by atoms with Crippen LogP contribution in [0.15, 0.2) is 60.0 Å². The molecule has 0 radical (unpaired) electrons. The van der Waals surface area contributed by atoms with Gasteiger partial charge in [-0.1, -0.05) is 26.0 Å². The van der Waals surface area contributed by atoms with Crippen LogP contribution >= 0.6 is 11.3 Å². The van der Waals surface area contributed by atoms with E-state index in [-0.39, 0.29) is 11.9 Å². The number of anilines is 1. The first-order chi connectivity index (χ1) is 15.5. The summed E-state index contributed by atoms with van der Waals surface area (Å²) >= 11 is 1.77. The standard InChI is InChI=1S/C27H33FN2OS/c1-20(2)25-11-10-24(19-21(25)3)31-26(27-5-4-18-32-27)12-13-29-14-16-30(17-15-29)23-8-6-22(28)7-9-23/h4-11,18-20,26H,12-17H2,1-3H3. The minimum absolute atomic E-state index is 0.0643. The lowest BCUT2D eigenvalue weighted by atomic mass is 9.98. The van der Waals surface area contributed by atoms with E-state index in [0.717, 1.165) is 50.6 Å². The summed E-state index contributed by atoms with van der Waals surface area (Å²) < 4.78 is 19.7. The van der Waals surface area contributed by atoms with Crippen molar-refractivity contribution in [1.29, 1.82) is 0 Å². The Hall–Kier alpha value is -2.37. The van der Waals surface area contributed by atoms with Gasteiger partial charge in [-0.25, -0.2) is 4.39 Å². The number of halogens is 1. The largest absolute Gasteiger partial charge is 0.485 e. The molecule has 5 heteroatoms. The molecule has 0 aliphatic carbocycles. The van der Waals surface area contributed by atoms with Crippen LogP contribution in [-0.4, -0.2) is 37.6 Å². The summed E-state index contributed by atoms with van der Waals surface area (Å²) in [6, 6.07) is 17.6. The topological polar surface area (TPSA) is 15.7 Å². The zero-order chi connectivity index (χ0) is 22.5. The van der Waals surface area contributed by atoms with Gasteiger partial charge >= 0.3 is 0 Å². The van der Waals surface area contributed by atoms with E-state index in [4.69, 9.17) is 4.74 Å². The molecular formula is C27H33FN2OS. The third-order valence-electron chi connectivity index (χ3n) is 6.27. The number of rotatable bonds is 8. The lowest BCUT2D eigenvalue weighted by Gasteiger charge is -2.36. The van der Waals surface area contributed by atoms with Gasteiger partial charge in [0.1, 0.15) is 17.7 Å². The van der Waals surface area contributed by atoms with Crippen molar-refractivity contribution in [2.24, 2.45) is 0 Å². The van der Waals surface area contributed by atoms with Gasteiger partial charge in [-0.3, -0.25) is 4.90 Å². The fourth-order valence-electron chi connectivity index (χ4n) is 4.45. The molecule has 0 saturated carbocycles. The van der Waals surface area contributed by atoms with E-state index in [2.05, 4.69) is 66.3 Å². The third-order valence-corrected chi connectivity index (χ3v) is 7.24. The zero-order valence-electron chi connectivity index (χ0n) is 19.3. The highest BCUT2D eigenvalue weighted by Gasteiger charge is 2.21. The Morgan fingerprint density at radius 1 is 1.00 bits per heavy atom. The van der Waals surface area contributed by atoms with Crippen LogP contribution in [0, 0.1) is 12.7 Å². The van der Waals surface area contributed by atoms with Gasteiger partial charge in [0, 0.05) is 49.7 Å². The van der Waals surface area contributed by atoms with Crippen molar-refractivity contribution in [2.75, 3.05) is 37.6 Å². The number of piperazine rings is 1. The summed E-state index contributed by atoms with van der Waals surface area (Å²) in [6.07, 6.45) is 1.02. The van der Waals surface area contributed by atoms with Crippen LogP contribution in [0.5, 0.6) is 5.75 Å². The Labute approximate surface area is 195 Å². The average molecular weight is 453 g/mol. The van der Waals surface area contributed by atoms with Crippen LogP contribution in [-0.2, 0) is 0 Å². The quantitative estimate of drug-likeness (QED) is 0.380. The van der Waals surface area contributed by atoms with Gasteiger partial charge in [0.05, 0.1) is 0 Å². The van der Waals surface area contributed by atoms with Gasteiger partial charge in [-0.15, -0.1) is 11.3 Å². The van der Waals surface area contributed by atoms with Gasteiger partial charge in [0.2, 0.25) is 0 Å². The molecule has 0 amide bonds. The number of nitrogens with zero attached hydrogens (tertiary/aromatic N) is 2. The Morgan fingerprint density at radius 3 is 2.38 bits per heavy atom. The van der Waals surface area contributed by atoms with Gasteiger partial charge in [-0.2, -0.15) is 0 Å². The molecule has 2 heterocycles. The van der Waals surface area contributed by atoms with Crippen LogP contribution in [0.25, 0.3) is 0 Å². The van der Waals surface area contributed by atoms with Crippen molar-refractivity contribution in [1.82, 2.24) is 4.90 Å². The normalized spacial score (nSPS) is 15.8. The molecule has 1 atom stereocenters. The summed E-state index contributed by atoms with van der Waals surface area (Å²) in [4.78, 5) is 6.12. The first-order valence-corrected chi connectivity index (χ1v) is 12.4. The smallest absolute Gasteiger partial charge is 0.134 e. The predicted octanol–water partition coefficient (Wildman–Crippen LogP) is 6.65. The molecule has 1 fully saturated rings. The lowest BCUT2D eigenvalue weighted by Crippen LogP contribution is -2.46. The summed E-state index contributed by atoms with van der Waals surface area (Å²) in [5.74, 6) is 1.29. The van der Waals surface area contributed by atoms with Gasteiger partial charge in [0.15, 0.2) is 0 Å². The summed E-state index contributed by atoms with van der Waals surface area (Å²) in [6.45, 7) is 11.6. The molecule has 1 aliphatic rings. The van der Waals surface area contributed by atoms with Gasteiger partial charge in [-0.05, 0) is 71.8 Å². The molecule has 0 bridgehead atoms. The monoisotopic (exact) mass is 452 g/mol. The molecule has 3 nitrogen and oxygen atoms in total. The molecule has 170 valence electrons.